The average molecular weight is 305 g/mol. The third-order valence-corrected chi connectivity index (χ3v) is 3.94. The zero-order chi connectivity index (χ0) is 16.2. The highest BCUT2D eigenvalue weighted by atomic mass is 16.6. The van der Waals surface area contributed by atoms with Crippen molar-refractivity contribution in [2.45, 2.75) is 64.2 Å². The molecule has 0 saturated carbocycles. The maximum absolute atomic E-state index is 12.4. The number of benzene rings is 1. The lowest BCUT2D eigenvalue weighted by atomic mass is 9.93. The normalized spacial score (nSPS) is 22.5. The zero-order valence-electron chi connectivity index (χ0n) is 13.8. The second-order valence-corrected chi connectivity index (χ2v) is 6.97. The van der Waals surface area contributed by atoms with Crippen LogP contribution >= 0.6 is 0 Å². The summed E-state index contributed by atoms with van der Waals surface area (Å²) in [5, 5.41) is 10.3. The smallest absolute Gasteiger partial charge is 0.410 e. The number of nitrogens with zero attached hydrogens (tertiary/aromatic N) is 1. The first-order valence-corrected chi connectivity index (χ1v) is 8.08. The van der Waals surface area contributed by atoms with Crippen molar-refractivity contribution >= 4 is 6.09 Å². The molecule has 1 saturated heterocycles. The van der Waals surface area contributed by atoms with Crippen molar-refractivity contribution in [1.29, 1.82) is 0 Å². The highest BCUT2D eigenvalue weighted by molar-refractivity contribution is 5.68. The second-order valence-electron chi connectivity index (χ2n) is 6.97. The van der Waals surface area contributed by atoms with Gasteiger partial charge >= 0.3 is 6.09 Å². The Morgan fingerprint density at radius 1 is 1.32 bits per heavy atom. The summed E-state index contributed by atoms with van der Waals surface area (Å²) >= 11 is 0. The Hall–Kier alpha value is -1.55. The van der Waals surface area contributed by atoms with Crippen LogP contribution in [0.2, 0.25) is 0 Å². The molecular formula is C18H27NO3. The highest BCUT2D eigenvalue weighted by Gasteiger charge is 2.35. The molecule has 1 N–H and O–H groups in total. The summed E-state index contributed by atoms with van der Waals surface area (Å²) in [4.78, 5) is 14.1. The lowest BCUT2D eigenvalue weighted by Crippen LogP contribution is -2.52. The van der Waals surface area contributed by atoms with Crippen LogP contribution in [0, 0.1) is 0 Å². The largest absolute Gasteiger partial charge is 0.444 e. The fourth-order valence-electron chi connectivity index (χ4n) is 2.89. The SMILES string of the molecule is CC(C)(C)OC(=O)N1CCCC(O)C1CCc1ccccc1. The van der Waals surface area contributed by atoms with E-state index >= 15 is 0 Å². The van der Waals surface area contributed by atoms with E-state index in [9.17, 15) is 9.90 Å². The highest BCUT2D eigenvalue weighted by Crippen LogP contribution is 2.24. The quantitative estimate of drug-likeness (QED) is 0.931. The Bertz CT molecular complexity index is 481. The zero-order valence-corrected chi connectivity index (χ0v) is 13.8. The minimum Gasteiger partial charge on any atom is -0.444 e. The summed E-state index contributed by atoms with van der Waals surface area (Å²) in [6.07, 6.45) is 2.39. The number of rotatable bonds is 3. The van der Waals surface area contributed by atoms with Gasteiger partial charge in [0, 0.05) is 6.54 Å². The summed E-state index contributed by atoms with van der Waals surface area (Å²) in [6, 6.07) is 10.0. The maximum atomic E-state index is 12.4. The Labute approximate surface area is 133 Å². The van der Waals surface area contributed by atoms with Crippen LogP contribution in [0.3, 0.4) is 0 Å². The Morgan fingerprint density at radius 3 is 2.64 bits per heavy atom. The monoisotopic (exact) mass is 305 g/mol. The summed E-state index contributed by atoms with van der Waals surface area (Å²) in [7, 11) is 0. The Balaban J connectivity index is 2.02. The first-order chi connectivity index (χ1) is 10.4. The van der Waals surface area contributed by atoms with Crippen LogP contribution in [-0.2, 0) is 11.2 Å². The molecule has 0 radical (unpaired) electrons. The van der Waals surface area contributed by atoms with E-state index < -0.39 is 11.7 Å². The number of ether oxygens (including phenoxy) is 1. The molecule has 1 amide bonds. The summed E-state index contributed by atoms with van der Waals surface area (Å²) in [5.74, 6) is 0. The predicted octanol–water partition coefficient (Wildman–Crippen LogP) is 3.38. The van der Waals surface area contributed by atoms with Crippen LogP contribution in [0.5, 0.6) is 0 Å². The number of carbonyl (C=O) groups excluding carboxylic acids is 1. The Morgan fingerprint density at radius 2 is 2.00 bits per heavy atom. The number of aliphatic hydroxyl groups excluding tert-OH is 1. The lowest BCUT2D eigenvalue weighted by Gasteiger charge is -2.39. The van der Waals surface area contributed by atoms with Gasteiger partial charge in [0.2, 0.25) is 0 Å². The molecule has 1 fully saturated rings. The van der Waals surface area contributed by atoms with E-state index in [1.165, 1.54) is 5.56 Å². The van der Waals surface area contributed by atoms with E-state index in [-0.39, 0.29) is 12.1 Å². The van der Waals surface area contributed by atoms with E-state index in [1.54, 1.807) is 4.90 Å². The standard InChI is InChI=1S/C18H27NO3/c1-18(2,3)22-17(21)19-13-7-10-16(20)15(19)12-11-14-8-5-4-6-9-14/h4-6,8-9,15-16,20H,7,10-13H2,1-3H3. The molecule has 2 unspecified atom stereocenters. The van der Waals surface area contributed by atoms with Crippen LogP contribution in [0.1, 0.15) is 45.6 Å². The van der Waals surface area contributed by atoms with Gasteiger partial charge in [-0.15, -0.1) is 0 Å². The van der Waals surface area contributed by atoms with Crippen molar-refractivity contribution in [1.82, 2.24) is 4.90 Å². The van der Waals surface area contributed by atoms with Crippen LogP contribution in [0.15, 0.2) is 30.3 Å². The molecule has 0 aliphatic carbocycles. The van der Waals surface area contributed by atoms with Crippen LogP contribution in [0.25, 0.3) is 0 Å². The van der Waals surface area contributed by atoms with Crippen molar-refractivity contribution in [2.75, 3.05) is 6.54 Å². The average Bonchev–Trinajstić information content (AvgIpc) is 2.45. The summed E-state index contributed by atoms with van der Waals surface area (Å²) in [5.41, 5.74) is 0.716. The molecule has 1 aromatic rings. The minimum atomic E-state index is -0.510. The number of piperidine rings is 1. The second kappa shape index (κ2) is 7.14. The molecule has 1 heterocycles. The molecule has 2 rings (SSSR count). The number of hydrogen-bond acceptors (Lipinski definition) is 3. The third-order valence-electron chi connectivity index (χ3n) is 3.94. The van der Waals surface area contributed by atoms with Gasteiger partial charge in [-0.2, -0.15) is 0 Å². The van der Waals surface area contributed by atoms with E-state index in [0.29, 0.717) is 6.54 Å². The van der Waals surface area contributed by atoms with Gasteiger partial charge in [-0.05, 0) is 52.0 Å². The van der Waals surface area contributed by atoms with Crippen molar-refractivity contribution in [2.24, 2.45) is 0 Å². The molecule has 0 spiro atoms. The number of hydrogen-bond donors (Lipinski definition) is 1. The first-order valence-electron chi connectivity index (χ1n) is 8.08. The molecule has 4 nitrogen and oxygen atoms in total. The van der Waals surface area contributed by atoms with Crippen LogP contribution in [0.4, 0.5) is 4.79 Å². The van der Waals surface area contributed by atoms with Gasteiger partial charge < -0.3 is 14.7 Å². The fraction of sp³-hybridized carbons (Fsp3) is 0.611. The number of aliphatic hydroxyl groups is 1. The molecule has 4 heteroatoms. The fourth-order valence-corrected chi connectivity index (χ4v) is 2.89. The molecule has 2 atom stereocenters. The molecule has 0 bridgehead atoms. The van der Waals surface area contributed by atoms with Gasteiger partial charge in [0.25, 0.3) is 0 Å². The summed E-state index contributed by atoms with van der Waals surface area (Å²) < 4.78 is 5.48. The molecule has 1 aliphatic heterocycles. The third kappa shape index (κ3) is 4.73. The molecular weight excluding hydrogens is 278 g/mol. The number of likely N-dealkylation sites (tertiary alicyclic amines) is 1. The van der Waals surface area contributed by atoms with Gasteiger partial charge in [0.05, 0.1) is 12.1 Å². The van der Waals surface area contributed by atoms with Gasteiger partial charge in [0.15, 0.2) is 0 Å². The topological polar surface area (TPSA) is 49.8 Å². The van der Waals surface area contributed by atoms with Crippen LogP contribution in [-0.4, -0.2) is 40.4 Å². The van der Waals surface area contributed by atoms with Gasteiger partial charge in [0.1, 0.15) is 5.60 Å². The van der Waals surface area contributed by atoms with E-state index in [2.05, 4.69) is 12.1 Å². The molecule has 1 aromatic carbocycles. The van der Waals surface area contributed by atoms with Crippen molar-refractivity contribution in [3.05, 3.63) is 35.9 Å². The number of aryl methyl sites for hydroxylation is 1. The molecule has 122 valence electrons. The van der Waals surface area contributed by atoms with Crippen molar-refractivity contribution in [3.63, 3.8) is 0 Å². The molecule has 0 aromatic heterocycles. The molecule has 22 heavy (non-hydrogen) atoms. The van der Waals surface area contributed by atoms with Gasteiger partial charge in [-0.1, -0.05) is 30.3 Å². The van der Waals surface area contributed by atoms with Crippen molar-refractivity contribution in [3.8, 4) is 0 Å². The van der Waals surface area contributed by atoms with Crippen molar-refractivity contribution < 1.29 is 14.6 Å². The lowest BCUT2D eigenvalue weighted by molar-refractivity contribution is -0.0248. The number of amides is 1. The van der Waals surface area contributed by atoms with E-state index in [1.807, 2.05) is 39.0 Å². The van der Waals surface area contributed by atoms with E-state index in [0.717, 1.165) is 25.7 Å². The maximum Gasteiger partial charge on any atom is 0.410 e. The Kier molecular flexibility index (Phi) is 5.46. The van der Waals surface area contributed by atoms with E-state index in [4.69, 9.17) is 4.74 Å². The van der Waals surface area contributed by atoms with Gasteiger partial charge in [-0.25, -0.2) is 4.79 Å². The van der Waals surface area contributed by atoms with Crippen LogP contribution < -0.4 is 0 Å². The molecule has 1 aliphatic rings. The summed E-state index contributed by atoms with van der Waals surface area (Å²) in [6.45, 7) is 6.25. The number of carbonyl (C=O) groups is 1. The van der Waals surface area contributed by atoms with Gasteiger partial charge in [-0.3, -0.25) is 0 Å². The first kappa shape index (κ1) is 16.8. The predicted molar refractivity (Wildman–Crippen MR) is 86.7 cm³/mol. The minimum absolute atomic E-state index is 0.163.